The number of carboxylic acids is 1. The van der Waals surface area contributed by atoms with E-state index in [1.807, 2.05) is 0 Å². The molecule has 1 fully saturated rings. The van der Waals surface area contributed by atoms with Crippen LogP contribution in [0.5, 0.6) is 0 Å². The Balaban J connectivity index is 3.01. The highest BCUT2D eigenvalue weighted by molar-refractivity contribution is 5.87. The van der Waals surface area contributed by atoms with E-state index in [4.69, 9.17) is 0 Å². The SMILES string of the molecule is C=C(C(=O)O)C1(C)CC(C)CCC1C(C)C. The quantitative estimate of drug-likeness (QED) is 0.742. The van der Waals surface area contributed by atoms with Crippen LogP contribution in [0.1, 0.15) is 47.0 Å². The highest BCUT2D eigenvalue weighted by Crippen LogP contribution is 2.50. The summed E-state index contributed by atoms with van der Waals surface area (Å²) in [5.41, 5.74) is 0.176. The van der Waals surface area contributed by atoms with Crippen molar-refractivity contribution in [3.05, 3.63) is 12.2 Å². The van der Waals surface area contributed by atoms with Crippen LogP contribution in [0.4, 0.5) is 0 Å². The third-order valence-corrected chi connectivity index (χ3v) is 4.31. The van der Waals surface area contributed by atoms with Crippen molar-refractivity contribution in [1.82, 2.24) is 0 Å². The molecule has 1 saturated carbocycles. The molecule has 0 aromatic heterocycles. The molecule has 0 aromatic carbocycles. The molecule has 2 nitrogen and oxygen atoms in total. The molecule has 0 radical (unpaired) electrons. The second kappa shape index (κ2) is 4.60. The van der Waals surface area contributed by atoms with Gasteiger partial charge in [0, 0.05) is 11.0 Å². The van der Waals surface area contributed by atoms with Gasteiger partial charge in [-0.15, -0.1) is 0 Å². The highest BCUT2D eigenvalue weighted by Gasteiger charge is 2.44. The van der Waals surface area contributed by atoms with E-state index in [0.29, 0.717) is 23.3 Å². The molecule has 2 heteroatoms. The topological polar surface area (TPSA) is 37.3 Å². The third kappa shape index (κ3) is 2.31. The summed E-state index contributed by atoms with van der Waals surface area (Å²) in [7, 11) is 0. The van der Waals surface area contributed by atoms with E-state index in [1.165, 1.54) is 6.42 Å². The Bertz CT molecular complexity index is 293. The number of aliphatic carboxylic acids is 1. The summed E-state index contributed by atoms with van der Waals surface area (Å²) in [6.07, 6.45) is 3.30. The van der Waals surface area contributed by atoms with Crippen LogP contribution < -0.4 is 0 Å². The monoisotopic (exact) mass is 224 g/mol. The maximum atomic E-state index is 11.2. The van der Waals surface area contributed by atoms with Crippen LogP contribution in [0.3, 0.4) is 0 Å². The first kappa shape index (κ1) is 13.3. The van der Waals surface area contributed by atoms with E-state index in [1.54, 1.807) is 0 Å². The molecule has 1 aliphatic carbocycles. The molecular formula is C14H24O2. The van der Waals surface area contributed by atoms with Gasteiger partial charge >= 0.3 is 5.97 Å². The van der Waals surface area contributed by atoms with Gasteiger partial charge in [-0.3, -0.25) is 0 Å². The van der Waals surface area contributed by atoms with Crippen molar-refractivity contribution in [2.75, 3.05) is 0 Å². The third-order valence-electron chi connectivity index (χ3n) is 4.31. The number of hydrogen-bond acceptors (Lipinski definition) is 1. The van der Waals surface area contributed by atoms with E-state index in [0.717, 1.165) is 12.8 Å². The molecule has 0 bridgehead atoms. The Morgan fingerprint density at radius 1 is 1.44 bits per heavy atom. The van der Waals surface area contributed by atoms with Crippen LogP contribution in [0.15, 0.2) is 12.2 Å². The smallest absolute Gasteiger partial charge is 0.331 e. The zero-order chi connectivity index (χ0) is 12.5. The fraction of sp³-hybridized carbons (Fsp3) is 0.786. The minimum Gasteiger partial charge on any atom is -0.478 e. The van der Waals surface area contributed by atoms with Crippen molar-refractivity contribution >= 4 is 5.97 Å². The number of hydrogen-bond donors (Lipinski definition) is 1. The summed E-state index contributed by atoms with van der Waals surface area (Å²) in [4.78, 5) is 11.2. The molecule has 1 rings (SSSR count). The van der Waals surface area contributed by atoms with Gasteiger partial charge in [0.15, 0.2) is 0 Å². The van der Waals surface area contributed by atoms with Gasteiger partial charge < -0.3 is 5.11 Å². The molecule has 1 aliphatic rings. The molecule has 0 aromatic rings. The lowest BCUT2D eigenvalue weighted by Gasteiger charge is -2.46. The fourth-order valence-corrected chi connectivity index (χ4v) is 3.42. The molecule has 0 spiro atoms. The largest absolute Gasteiger partial charge is 0.478 e. The summed E-state index contributed by atoms with van der Waals surface area (Å²) in [6, 6.07) is 0. The van der Waals surface area contributed by atoms with Gasteiger partial charge in [-0.2, -0.15) is 0 Å². The Morgan fingerprint density at radius 2 is 2.00 bits per heavy atom. The molecule has 16 heavy (non-hydrogen) atoms. The number of rotatable bonds is 3. The summed E-state index contributed by atoms with van der Waals surface area (Å²) >= 11 is 0. The first-order chi connectivity index (χ1) is 7.29. The van der Waals surface area contributed by atoms with E-state index in [9.17, 15) is 9.90 Å². The molecule has 1 N–H and O–H groups in total. The van der Waals surface area contributed by atoms with Crippen LogP contribution in [0.2, 0.25) is 0 Å². The van der Waals surface area contributed by atoms with Gasteiger partial charge in [0.25, 0.3) is 0 Å². The standard InChI is InChI=1S/C14H24O2/c1-9(2)12-7-6-10(3)8-14(12,5)11(4)13(15)16/h9-10,12H,4,6-8H2,1-3,5H3,(H,15,16). The lowest BCUT2D eigenvalue weighted by molar-refractivity contribution is -0.135. The minimum atomic E-state index is -0.831. The molecule has 0 saturated heterocycles. The van der Waals surface area contributed by atoms with Crippen molar-refractivity contribution in [2.45, 2.75) is 47.0 Å². The summed E-state index contributed by atoms with van der Waals surface area (Å²) in [6.45, 7) is 12.5. The maximum Gasteiger partial charge on any atom is 0.331 e. The van der Waals surface area contributed by atoms with Crippen LogP contribution in [-0.2, 0) is 4.79 Å². The van der Waals surface area contributed by atoms with Crippen LogP contribution in [0, 0.1) is 23.2 Å². The van der Waals surface area contributed by atoms with Gasteiger partial charge in [-0.25, -0.2) is 4.79 Å². The van der Waals surface area contributed by atoms with Gasteiger partial charge in [0.1, 0.15) is 0 Å². The van der Waals surface area contributed by atoms with Crippen molar-refractivity contribution < 1.29 is 9.90 Å². The second-order valence-electron chi connectivity index (χ2n) is 5.94. The summed E-state index contributed by atoms with van der Waals surface area (Å²) in [5, 5.41) is 9.19. The van der Waals surface area contributed by atoms with Gasteiger partial charge in [0.2, 0.25) is 0 Å². The van der Waals surface area contributed by atoms with E-state index >= 15 is 0 Å². The zero-order valence-electron chi connectivity index (χ0n) is 10.9. The van der Waals surface area contributed by atoms with Crippen LogP contribution in [0.25, 0.3) is 0 Å². The van der Waals surface area contributed by atoms with Crippen LogP contribution in [-0.4, -0.2) is 11.1 Å². The number of carbonyl (C=O) groups is 1. The molecule has 3 atom stereocenters. The van der Waals surface area contributed by atoms with Gasteiger partial charge in [-0.1, -0.05) is 40.7 Å². The predicted molar refractivity (Wildman–Crippen MR) is 66.2 cm³/mol. The zero-order valence-corrected chi connectivity index (χ0v) is 10.9. The van der Waals surface area contributed by atoms with Crippen LogP contribution >= 0.6 is 0 Å². The van der Waals surface area contributed by atoms with Gasteiger partial charge in [0.05, 0.1) is 0 Å². The second-order valence-corrected chi connectivity index (χ2v) is 5.94. The van der Waals surface area contributed by atoms with Gasteiger partial charge in [-0.05, 0) is 30.6 Å². The number of carboxylic acid groups (broad SMARTS) is 1. The Morgan fingerprint density at radius 3 is 2.44 bits per heavy atom. The molecule has 0 aliphatic heterocycles. The van der Waals surface area contributed by atoms with Crippen molar-refractivity contribution in [1.29, 1.82) is 0 Å². The van der Waals surface area contributed by atoms with Crippen molar-refractivity contribution in [3.63, 3.8) is 0 Å². The maximum absolute atomic E-state index is 11.2. The molecule has 3 unspecified atom stereocenters. The molecule has 92 valence electrons. The summed E-state index contributed by atoms with van der Waals surface area (Å²) < 4.78 is 0. The Hall–Kier alpha value is -0.790. The molecular weight excluding hydrogens is 200 g/mol. The minimum absolute atomic E-state index is 0.225. The molecule has 0 amide bonds. The lowest BCUT2D eigenvalue weighted by Crippen LogP contribution is -2.40. The normalized spacial score (nSPS) is 35.1. The molecule has 0 heterocycles. The van der Waals surface area contributed by atoms with E-state index in [2.05, 4.69) is 34.3 Å². The summed E-state index contributed by atoms with van der Waals surface area (Å²) in [5.74, 6) is 0.749. The first-order valence-electron chi connectivity index (χ1n) is 6.21. The van der Waals surface area contributed by atoms with E-state index < -0.39 is 5.97 Å². The Kier molecular flexibility index (Phi) is 3.82. The van der Waals surface area contributed by atoms with Crippen molar-refractivity contribution in [3.8, 4) is 0 Å². The fourth-order valence-electron chi connectivity index (χ4n) is 3.42. The first-order valence-corrected chi connectivity index (χ1v) is 6.21. The Labute approximate surface area is 98.7 Å². The average molecular weight is 224 g/mol. The van der Waals surface area contributed by atoms with E-state index in [-0.39, 0.29) is 5.41 Å². The predicted octanol–water partition coefficient (Wildman–Crippen LogP) is 3.73. The lowest BCUT2D eigenvalue weighted by atomic mass is 9.58. The average Bonchev–Trinajstić information content (AvgIpc) is 2.15. The highest BCUT2D eigenvalue weighted by atomic mass is 16.4. The van der Waals surface area contributed by atoms with Crippen molar-refractivity contribution in [2.24, 2.45) is 23.2 Å².